The van der Waals surface area contributed by atoms with Crippen molar-refractivity contribution in [2.45, 2.75) is 58.3 Å². The number of hydrogen-bond acceptors (Lipinski definition) is 3. The number of nitrogens with zero attached hydrogens (tertiary/aromatic N) is 1. The molecule has 0 saturated carbocycles. The second-order valence-electron chi connectivity index (χ2n) is 5.47. The predicted molar refractivity (Wildman–Crippen MR) is 62.0 cm³/mol. The second kappa shape index (κ2) is 5.28. The molecule has 0 spiro atoms. The maximum atomic E-state index is 9.71. The first kappa shape index (κ1) is 12.9. The molecular weight excluding hydrogens is 190 g/mol. The van der Waals surface area contributed by atoms with E-state index in [9.17, 15) is 5.11 Å². The third-order valence-corrected chi connectivity index (χ3v) is 2.61. The monoisotopic (exact) mass is 215 g/mol. The van der Waals surface area contributed by atoms with Gasteiger partial charge in [0.25, 0.3) is 0 Å². The third-order valence-electron chi connectivity index (χ3n) is 2.61. The van der Waals surface area contributed by atoms with Crippen molar-refractivity contribution in [2.24, 2.45) is 0 Å². The van der Waals surface area contributed by atoms with Crippen LogP contribution >= 0.6 is 0 Å². The summed E-state index contributed by atoms with van der Waals surface area (Å²) in [6.45, 7) is 10.8. The van der Waals surface area contributed by atoms with Crippen LogP contribution < -0.4 is 0 Å². The molecule has 90 valence electrons. The molecule has 1 saturated heterocycles. The van der Waals surface area contributed by atoms with Crippen molar-refractivity contribution >= 4 is 0 Å². The van der Waals surface area contributed by atoms with E-state index in [1.54, 1.807) is 0 Å². The van der Waals surface area contributed by atoms with E-state index >= 15 is 0 Å². The zero-order chi connectivity index (χ0) is 11.5. The van der Waals surface area contributed by atoms with Crippen LogP contribution in [0.2, 0.25) is 0 Å². The highest BCUT2D eigenvalue weighted by Gasteiger charge is 2.24. The number of rotatable bonds is 4. The first-order valence-electron chi connectivity index (χ1n) is 5.97. The van der Waals surface area contributed by atoms with Crippen LogP contribution in [0.1, 0.15) is 40.5 Å². The highest BCUT2D eigenvalue weighted by Crippen LogP contribution is 2.17. The van der Waals surface area contributed by atoms with Crippen molar-refractivity contribution in [1.29, 1.82) is 0 Å². The normalized spacial score (nSPS) is 21.2. The molecule has 0 unspecified atom stereocenters. The molecule has 1 fully saturated rings. The quantitative estimate of drug-likeness (QED) is 0.774. The predicted octanol–water partition coefficient (Wildman–Crippen LogP) is 1.65. The SMILES string of the molecule is CC(C)OC1CCN(CC(C)(C)O)CC1. The van der Waals surface area contributed by atoms with Gasteiger partial charge in [0.15, 0.2) is 0 Å². The van der Waals surface area contributed by atoms with Crippen LogP contribution in [0.15, 0.2) is 0 Å². The maximum absolute atomic E-state index is 9.71. The minimum atomic E-state index is -0.578. The van der Waals surface area contributed by atoms with Gasteiger partial charge in [-0.05, 0) is 40.5 Å². The first-order chi connectivity index (χ1) is 6.87. The molecule has 3 nitrogen and oxygen atoms in total. The van der Waals surface area contributed by atoms with Gasteiger partial charge in [-0.25, -0.2) is 0 Å². The van der Waals surface area contributed by atoms with Crippen LogP contribution in [0.25, 0.3) is 0 Å². The van der Waals surface area contributed by atoms with Gasteiger partial charge in [0, 0.05) is 19.6 Å². The molecule has 15 heavy (non-hydrogen) atoms. The second-order valence-corrected chi connectivity index (χ2v) is 5.47. The first-order valence-corrected chi connectivity index (χ1v) is 5.97. The number of hydrogen-bond donors (Lipinski definition) is 1. The summed E-state index contributed by atoms with van der Waals surface area (Å²) in [5.74, 6) is 0. The van der Waals surface area contributed by atoms with Crippen LogP contribution in [-0.2, 0) is 4.74 Å². The summed E-state index contributed by atoms with van der Waals surface area (Å²) in [5.41, 5.74) is -0.578. The Kier molecular flexibility index (Phi) is 4.56. The molecular formula is C12H25NO2. The summed E-state index contributed by atoms with van der Waals surface area (Å²) in [7, 11) is 0. The maximum Gasteiger partial charge on any atom is 0.0718 e. The summed E-state index contributed by atoms with van der Waals surface area (Å²) in [5, 5.41) is 9.71. The fraction of sp³-hybridized carbons (Fsp3) is 1.00. The highest BCUT2D eigenvalue weighted by atomic mass is 16.5. The van der Waals surface area contributed by atoms with Gasteiger partial charge in [-0.3, -0.25) is 0 Å². The molecule has 0 radical (unpaired) electrons. The molecule has 1 aliphatic rings. The standard InChI is InChI=1S/C12H25NO2/c1-10(2)15-11-5-7-13(8-6-11)9-12(3,4)14/h10-11,14H,5-9H2,1-4H3. The van der Waals surface area contributed by atoms with Gasteiger partial charge in [0.05, 0.1) is 17.8 Å². The zero-order valence-corrected chi connectivity index (χ0v) is 10.5. The number of aliphatic hydroxyl groups is 1. The van der Waals surface area contributed by atoms with Gasteiger partial charge in [-0.1, -0.05) is 0 Å². The van der Waals surface area contributed by atoms with Crippen molar-refractivity contribution in [3.63, 3.8) is 0 Å². The molecule has 0 aromatic carbocycles. The minimum absolute atomic E-state index is 0.329. The van der Waals surface area contributed by atoms with Gasteiger partial charge in [-0.15, -0.1) is 0 Å². The molecule has 0 aromatic rings. The van der Waals surface area contributed by atoms with Crippen LogP contribution in [0.5, 0.6) is 0 Å². The van der Waals surface area contributed by atoms with Gasteiger partial charge >= 0.3 is 0 Å². The number of ether oxygens (including phenoxy) is 1. The Bertz CT molecular complexity index is 179. The Labute approximate surface area is 93.4 Å². The van der Waals surface area contributed by atoms with Crippen molar-refractivity contribution in [1.82, 2.24) is 4.90 Å². The van der Waals surface area contributed by atoms with Crippen LogP contribution in [0, 0.1) is 0 Å². The molecule has 1 heterocycles. The molecule has 1 rings (SSSR count). The smallest absolute Gasteiger partial charge is 0.0718 e. The fourth-order valence-corrected chi connectivity index (χ4v) is 2.14. The zero-order valence-electron chi connectivity index (χ0n) is 10.5. The lowest BCUT2D eigenvalue weighted by atomic mass is 10.0. The van der Waals surface area contributed by atoms with Gasteiger partial charge in [-0.2, -0.15) is 0 Å². The van der Waals surface area contributed by atoms with Gasteiger partial charge in [0.2, 0.25) is 0 Å². The lowest BCUT2D eigenvalue weighted by molar-refractivity contribution is -0.0409. The van der Waals surface area contributed by atoms with Crippen molar-refractivity contribution in [2.75, 3.05) is 19.6 Å². The molecule has 0 bridgehead atoms. The summed E-state index contributed by atoms with van der Waals surface area (Å²) in [6.07, 6.45) is 2.93. The average molecular weight is 215 g/mol. The molecule has 0 atom stereocenters. The summed E-state index contributed by atoms with van der Waals surface area (Å²) in [4.78, 5) is 2.32. The largest absolute Gasteiger partial charge is 0.389 e. The van der Waals surface area contributed by atoms with Crippen molar-refractivity contribution in [3.05, 3.63) is 0 Å². The summed E-state index contributed by atoms with van der Waals surface area (Å²) in [6, 6.07) is 0. The van der Waals surface area contributed by atoms with E-state index in [1.807, 2.05) is 13.8 Å². The Morgan fingerprint density at radius 2 is 1.87 bits per heavy atom. The van der Waals surface area contributed by atoms with Crippen LogP contribution in [0.3, 0.4) is 0 Å². The number of likely N-dealkylation sites (tertiary alicyclic amines) is 1. The topological polar surface area (TPSA) is 32.7 Å². The van der Waals surface area contributed by atoms with E-state index in [0.29, 0.717) is 12.2 Å². The van der Waals surface area contributed by atoms with Crippen molar-refractivity contribution < 1.29 is 9.84 Å². The fourth-order valence-electron chi connectivity index (χ4n) is 2.14. The summed E-state index contributed by atoms with van der Waals surface area (Å²) < 4.78 is 5.78. The molecule has 3 heteroatoms. The molecule has 1 N–H and O–H groups in total. The van der Waals surface area contributed by atoms with E-state index in [0.717, 1.165) is 32.5 Å². The van der Waals surface area contributed by atoms with Crippen LogP contribution in [-0.4, -0.2) is 47.4 Å². The van der Waals surface area contributed by atoms with Crippen LogP contribution in [0.4, 0.5) is 0 Å². The Morgan fingerprint density at radius 1 is 1.33 bits per heavy atom. The molecule has 0 amide bonds. The molecule has 1 aliphatic heterocycles. The van der Waals surface area contributed by atoms with E-state index in [4.69, 9.17) is 4.74 Å². The Balaban J connectivity index is 2.24. The lowest BCUT2D eigenvalue weighted by Crippen LogP contribution is -2.44. The highest BCUT2D eigenvalue weighted by molar-refractivity contribution is 4.78. The number of β-amino-alcohol motifs (C(OH)–C–C–N with tert-alkyl or cyclic N) is 1. The van der Waals surface area contributed by atoms with E-state index in [-0.39, 0.29) is 0 Å². The van der Waals surface area contributed by atoms with E-state index < -0.39 is 5.60 Å². The van der Waals surface area contributed by atoms with E-state index in [2.05, 4.69) is 18.7 Å². The Morgan fingerprint density at radius 3 is 2.27 bits per heavy atom. The molecule has 0 aromatic heterocycles. The number of piperidine rings is 1. The average Bonchev–Trinajstić information content (AvgIpc) is 2.05. The Hall–Kier alpha value is -0.120. The summed E-state index contributed by atoms with van der Waals surface area (Å²) >= 11 is 0. The van der Waals surface area contributed by atoms with Gasteiger partial charge < -0.3 is 14.7 Å². The molecule has 0 aliphatic carbocycles. The minimum Gasteiger partial charge on any atom is -0.389 e. The third kappa shape index (κ3) is 5.50. The van der Waals surface area contributed by atoms with Gasteiger partial charge in [0.1, 0.15) is 0 Å². The van der Waals surface area contributed by atoms with Crippen molar-refractivity contribution in [3.8, 4) is 0 Å². The van der Waals surface area contributed by atoms with E-state index in [1.165, 1.54) is 0 Å². The lowest BCUT2D eigenvalue weighted by Gasteiger charge is -2.35.